The van der Waals surface area contributed by atoms with Crippen LogP contribution in [0.5, 0.6) is 0 Å². The molecule has 7 heteroatoms. The van der Waals surface area contributed by atoms with Crippen LogP contribution in [-0.4, -0.2) is 53.4 Å². The number of aromatic nitrogens is 3. The molecule has 1 unspecified atom stereocenters. The Kier molecular flexibility index (Phi) is 3.87. The minimum atomic E-state index is -0.457. The van der Waals surface area contributed by atoms with Crippen molar-refractivity contribution >= 4 is 21.9 Å². The van der Waals surface area contributed by atoms with Gasteiger partial charge in [0.25, 0.3) is 0 Å². The number of nitrogens with zero attached hydrogens (tertiary/aromatic N) is 5. The van der Waals surface area contributed by atoms with Gasteiger partial charge in [0.1, 0.15) is 0 Å². The smallest absolute Gasteiger partial charge is 0.245 e. The highest BCUT2D eigenvalue weighted by molar-refractivity contribution is 8.30. The lowest BCUT2D eigenvalue weighted by atomic mass is 10.1. The van der Waals surface area contributed by atoms with Gasteiger partial charge in [-0.3, -0.25) is 4.99 Å². The highest BCUT2D eigenvalue weighted by Crippen LogP contribution is 2.42. The number of quaternary nitrogens is 1. The van der Waals surface area contributed by atoms with E-state index in [0.717, 1.165) is 23.9 Å². The highest BCUT2D eigenvalue weighted by atomic mass is 32.2. The Bertz CT molecular complexity index is 485. The fourth-order valence-electron chi connectivity index (χ4n) is 2.13. The molecule has 0 saturated carbocycles. The summed E-state index contributed by atoms with van der Waals surface area (Å²) >= 11 is 0. The number of nitrogens with two attached hydrogens (primary N) is 1. The second kappa shape index (κ2) is 5.13. The number of aliphatic imine (C=N–C) groups is 1. The first-order chi connectivity index (χ1) is 8.79. The molecule has 0 bridgehead atoms. The molecular weight excluding hydrogens is 260 g/mol. The molecule has 0 amide bonds. The molecule has 2 rings (SSSR count). The molecular formula is C12H25N6S+. The number of hydrogen-bond donors (Lipinski definition) is 2. The number of hydrogen-bond acceptors (Lipinski definition) is 4. The summed E-state index contributed by atoms with van der Waals surface area (Å²) in [4.78, 5) is 11.1. The summed E-state index contributed by atoms with van der Waals surface area (Å²) in [6.45, 7) is 5.37. The van der Waals surface area contributed by atoms with Gasteiger partial charge in [0.05, 0.1) is 26.2 Å². The van der Waals surface area contributed by atoms with Gasteiger partial charge in [-0.15, -0.1) is 10.9 Å². The van der Waals surface area contributed by atoms with Crippen LogP contribution in [0.4, 0.5) is 5.95 Å². The monoisotopic (exact) mass is 285 g/mol. The predicted octanol–water partition coefficient (Wildman–Crippen LogP) is 1.01. The maximum atomic E-state index is 5.81. The molecule has 1 aromatic rings. The molecule has 2 N–H and O–H groups in total. The zero-order valence-corrected chi connectivity index (χ0v) is 13.4. The SMILES string of the molecule is CC(C)CC1=NCC[SH]1c1nc(N)nn1[N+](C)(C)C. The third-order valence-corrected chi connectivity index (χ3v) is 5.28. The first kappa shape index (κ1) is 14.3. The second-order valence-corrected chi connectivity index (χ2v) is 8.37. The number of rotatable bonds is 4. The minimum Gasteiger partial charge on any atom is -0.366 e. The maximum Gasteiger partial charge on any atom is 0.245 e. The van der Waals surface area contributed by atoms with E-state index in [-0.39, 0.29) is 0 Å². The van der Waals surface area contributed by atoms with Gasteiger partial charge in [0.15, 0.2) is 0 Å². The van der Waals surface area contributed by atoms with Crippen molar-refractivity contribution in [3.63, 3.8) is 0 Å². The Morgan fingerprint density at radius 1 is 1.37 bits per heavy atom. The van der Waals surface area contributed by atoms with Gasteiger partial charge in [-0.1, -0.05) is 23.7 Å². The van der Waals surface area contributed by atoms with Crippen molar-refractivity contribution in [3.8, 4) is 0 Å². The molecule has 1 aliphatic rings. The van der Waals surface area contributed by atoms with E-state index < -0.39 is 10.9 Å². The van der Waals surface area contributed by atoms with E-state index in [2.05, 4.69) is 50.1 Å². The summed E-state index contributed by atoms with van der Waals surface area (Å²) in [5, 5.41) is 6.68. The van der Waals surface area contributed by atoms with Crippen LogP contribution in [0.15, 0.2) is 10.1 Å². The van der Waals surface area contributed by atoms with Crippen molar-refractivity contribution < 1.29 is 0 Å². The molecule has 1 aliphatic heterocycles. The van der Waals surface area contributed by atoms with Crippen LogP contribution in [0, 0.1) is 5.92 Å². The minimum absolute atomic E-state index is 0.362. The van der Waals surface area contributed by atoms with E-state index in [1.165, 1.54) is 5.04 Å². The van der Waals surface area contributed by atoms with Gasteiger partial charge in [0, 0.05) is 12.3 Å². The molecule has 108 valence electrons. The Labute approximate surface area is 117 Å². The molecule has 0 radical (unpaired) electrons. The molecule has 0 aliphatic carbocycles. The van der Waals surface area contributed by atoms with Gasteiger partial charge in [-0.2, -0.15) is 4.98 Å². The number of nitrogen functional groups attached to an aromatic ring is 1. The standard InChI is InChI=1S/C12H25N6S/c1-9(2)8-10-14-6-7-19(10)12-15-11(13)16-17(12)18(3,4)5/h9,19H,6-8H2,1-5H3,(H2,13,16)/q+1. The molecule has 1 aromatic heterocycles. The van der Waals surface area contributed by atoms with Crippen LogP contribution >= 0.6 is 10.9 Å². The topological polar surface area (TPSA) is 69.1 Å². The van der Waals surface area contributed by atoms with E-state index in [9.17, 15) is 0 Å². The van der Waals surface area contributed by atoms with E-state index in [0.29, 0.717) is 16.5 Å². The van der Waals surface area contributed by atoms with Crippen molar-refractivity contribution in [1.82, 2.24) is 19.5 Å². The Balaban J connectivity index is 2.34. The normalized spacial score (nSPS) is 22.0. The Morgan fingerprint density at radius 3 is 2.63 bits per heavy atom. The largest absolute Gasteiger partial charge is 0.366 e. The lowest BCUT2D eigenvalue weighted by Gasteiger charge is -2.26. The zero-order valence-electron chi connectivity index (χ0n) is 12.5. The van der Waals surface area contributed by atoms with Gasteiger partial charge < -0.3 is 5.73 Å². The fraction of sp³-hybridized carbons (Fsp3) is 0.750. The molecule has 19 heavy (non-hydrogen) atoms. The summed E-state index contributed by atoms with van der Waals surface area (Å²) in [5.74, 6) is 2.07. The fourth-order valence-corrected chi connectivity index (χ4v) is 4.73. The van der Waals surface area contributed by atoms with Crippen LogP contribution < -0.4 is 10.3 Å². The van der Waals surface area contributed by atoms with E-state index >= 15 is 0 Å². The third kappa shape index (κ3) is 3.09. The van der Waals surface area contributed by atoms with Crippen LogP contribution in [0.25, 0.3) is 0 Å². The van der Waals surface area contributed by atoms with Crippen LogP contribution in [-0.2, 0) is 0 Å². The average Bonchev–Trinajstić information content (AvgIpc) is 2.82. The zero-order chi connectivity index (χ0) is 14.2. The molecule has 0 fully saturated rings. The first-order valence-corrected chi connectivity index (χ1v) is 8.17. The van der Waals surface area contributed by atoms with Crippen molar-refractivity contribution in [2.75, 3.05) is 39.2 Å². The maximum absolute atomic E-state index is 5.81. The average molecular weight is 285 g/mol. The predicted molar refractivity (Wildman–Crippen MR) is 83.6 cm³/mol. The van der Waals surface area contributed by atoms with E-state index in [1.54, 1.807) is 0 Å². The van der Waals surface area contributed by atoms with E-state index in [4.69, 9.17) is 5.73 Å². The molecule has 6 nitrogen and oxygen atoms in total. The quantitative estimate of drug-likeness (QED) is 0.641. The summed E-state index contributed by atoms with van der Waals surface area (Å²) in [5.41, 5.74) is 5.81. The van der Waals surface area contributed by atoms with Crippen LogP contribution in [0.3, 0.4) is 0 Å². The highest BCUT2D eigenvalue weighted by Gasteiger charge is 2.29. The molecule has 0 aromatic carbocycles. The molecule has 0 spiro atoms. The van der Waals surface area contributed by atoms with Crippen LogP contribution in [0.2, 0.25) is 0 Å². The Morgan fingerprint density at radius 2 is 2.05 bits per heavy atom. The second-order valence-electron chi connectivity index (χ2n) is 6.15. The lowest BCUT2D eigenvalue weighted by molar-refractivity contribution is 0.202. The molecule has 1 atom stereocenters. The Hall–Kier alpha value is -1.08. The van der Waals surface area contributed by atoms with Gasteiger partial charge in [-0.25, -0.2) is 4.59 Å². The summed E-state index contributed by atoms with van der Waals surface area (Å²) in [7, 11) is 5.76. The third-order valence-electron chi connectivity index (χ3n) is 2.92. The lowest BCUT2D eigenvalue weighted by Crippen LogP contribution is -2.48. The van der Waals surface area contributed by atoms with Gasteiger partial charge in [-0.05, 0) is 12.3 Å². The van der Waals surface area contributed by atoms with Gasteiger partial charge >= 0.3 is 0 Å². The van der Waals surface area contributed by atoms with Crippen molar-refractivity contribution in [3.05, 3.63) is 0 Å². The number of anilines is 1. The van der Waals surface area contributed by atoms with E-state index in [1.807, 2.05) is 4.79 Å². The summed E-state index contributed by atoms with van der Waals surface area (Å²) < 4.78 is 0.577. The molecule has 2 heterocycles. The summed E-state index contributed by atoms with van der Waals surface area (Å²) in [6.07, 6.45) is 1.05. The first-order valence-electron chi connectivity index (χ1n) is 6.64. The molecule has 0 saturated heterocycles. The van der Waals surface area contributed by atoms with Crippen molar-refractivity contribution in [1.29, 1.82) is 0 Å². The van der Waals surface area contributed by atoms with Crippen molar-refractivity contribution in [2.45, 2.75) is 25.4 Å². The number of thiol groups is 1. The van der Waals surface area contributed by atoms with Gasteiger partial charge in [0.2, 0.25) is 11.1 Å². The van der Waals surface area contributed by atoms with Crippen LogP contribution in [0.1, 0.15) is 20.3 Å². The summed E-state index contributed by atoms with van der Waals surface area (Å²) in [6, 6.07) is 0. The van der Waals surface area contributed by atoms with Crippen molar-refractivity contribution in [2.24, 2.45) is 10.9 Å².